The van der Waals surface area contributed by atoms with E-state index in [1.54, 1.807) is 80.0 Å². The average molecular weight is 1290 g/mol. The molecule has 0 unspecified atom stereocenters. The topological polar surface area (TPSA) is 341 Å². The van der Waals surface area contributed by atoms with Crippen LogP contribution >= 0.6 is 37.7 Å². The monoisotopic (exact) mass is 1290 g/mol. The van der Waals surface area contributed by atoms with E-state index in [1.165, 1.54) is 51.7 Å². The molecule has 0 fully saturated rings. The molecule has 0 aliphatic carbocycles. The van der Waals surface area contributed by atoms with Gasteiger partial charge in [0.2, 0.25) is 0 Å². The first kappa shape index (κ1) is 99.6. The van der Waals surface area contributed by atoms with Crippen molar-refractivity contribution in [2.24, 2.45) is 0 Å². The van der Waals surface area contributed by atoms with Gasteiger partial charge in [0.15, 0.2) is 0 Å². The van der Waals surface area contributed by atoms with Crippen LogP contribution < -0.4 is 0 Å². The van der Waals surface area contributed by atoms with E-state index in [0.29, 0.717) is 0 Å². The summed E-state index contributed by atoms with van der Waals surface area (Å²) in [7, 11) is 26.0. The maximum Gasteiger partial charge on any atom is -0.693 e. The molecule has 0 saturated carbocycles. The quantitative estimate of drug-likeness (QED) is 0.193. The first-order valence-corrected chi connectivity index (χ1v) is 18.1. The second-order valence-corrected chi connectivity index (χ2v) is 4.30. The summed E-state index contributed by atoms with van der Waals surface area (Å²) in [6.45, 7) is 9.21. The zero-order chi connectivity index (χ0) is 19.5. The van der Waals surface area contributed by atoms with Gasteiger partial charge in [-0.05, 0) is 38.9 Å². The largest absolute Gasteiger partial charge is 0.693 e. The van der Waals surface area contributed by atoms with Gasteiger partial charge in [0, 0.05) is 0 Å². The number of unbranched alkanes of at least 4 members (excludes halogenated alkanes) is 2. The Morgan fingerprint density at radius 2 is 0.667 bits per heavy atom. The third-order valence-electron chi connectivity index (χ3n) is 2.60. The van der Waals surface area contributed by atoms with Crippen LogP contribution in [-0.4, -0.2) is 36.0 Å². The predicted molar refractivity (Wildman–Crippen MR) is 145 cm³/mol. The van der Waals surface area contributed by atoms with Crippen molar-refractivity contribution in [1.82, 2.24) is 9.80 Å². The molecule has 0 rings (SSSR count). The predicted octanol–water partition coefficient (Wildman–Crippen LogP) is 13.1. The summed E-state index contributed by atoms with van der Waals surface area (Å²) in [5.41, 5.74) is 0. The van der Waals surface area contributed by atoms with Crippen LogP contribution in [0.15, 0.2) is 0 Å². The number of nitrogens with zero attached hydrogens (tertiary/aromatic N) is 2. The van der Waals surface area contributed by atoms with Gasteiger partial charge < -0.3 is 85.4 Å². The van der Waals surface area contributed by atoms with Crippen LogP contribution in [0.5, 0.6) is 0 Å². The molecular weight excluding hydrogens is 1250 g/mol. The van der Waals surface area contributed by atoms with Crippen LogP contribution in [0, 0.1) is 14.1 Å². The molecule has 0 amide bonds. The molecule has 0 aromatic rings. The summed E-state index contributed by atoms with van der Waals surface area (Å²) in [5.74, 6) is 0. The molecule has 0 aromatic carbocycles. The summed E-state index contributed by atoms with van der Waals surface area (Å²) in [4.78, 5) is 4.36. The standard InChI is InChI=1S/C13H28N2.4ClH.10H2N.4Pt/c1-5-7-11-15(12-8-6-2)13-9-10-14(3)4;;;;;;;;;;;;;;;;;;/h3-13H2,1-2H3;4*1H;10*1H2;;;;/q-2;;;;;10*-1;4*+1/p-4. The van der Waals surface area contributed by atoms with Gasteiger partial charge in [-0.15, -0.1) is 0 Å². The third-order valence-corrected chi connectivity index (χ3v) is 2.60. The Morgan fingerprint density at radius 3 is 0.848 bits per heavy atom. The molecule has 0 atom stereocenters. The van der Waals surface area contributed by atoms with Crippen molar-refractivity contribution >= 4 is 37.7 Å². The van der Waals surface area contributed by atoms with E-state index >= 15 is 0 Å². The van der Waals surface area contributed by atoms with Gasteiger partial charge >= 0.3 is 113 Å². The van der Waals surface area contributed by atoms with Crippen LogP contribution in [0.2, 0.25) is 0 Å². The van der Waals surface area contributed by atoms with Crippen molar-refractivity contribution in [2.75, 3.05) is 26.2 Å². The van der Waals surface area contributed by atoms with Crippen molar-refractivity contribution in [3.63, 3.8) is 0 Å². The van der Waals surface area contributed by atoms with Crippen LogP contribution in [0.3, 0.4) is 0 Å². The number of nitrogens with two attached hydrogens (primary N) is 10. The molecule has 33 heavy (non-hydrogen) atoms. The first-order chi connectivity index (χ1) is 11.2. The van der Waals surface area contributed by atoms with Gasteiger partial charge in [0.25, 0.3) is 0 Å². The van der Waals surface area contributed by atoms with Crippen molar-refractivity contribution in [1.29, 1.82) is 0 Å². The van der Waals surface area contributed by atoms with Crippen LogP contribution in [0.4, 0.5) is 0 Å². The summed E-state index contributed by atoms with van der Waals surface area (Å²) >= 11 is 6.44. The van der Waals surface area contributed by atoms with Crippen molar-refractivity contribution in [3.05, 3.63) is 75.6 Å². The fourth-order valence-electron chi connectivity index (χ4n) is 1.62. The molecule has 0 radical (unpaired) electrons. The molecule has 0 heterocycles. The minimum absolute atomic E-state index is 0. The van der Waals surface area contributed by atoms with Crippen molar-refractivity contribution in [3.8, 4) is 0 Å². The van der Waals surface area contributed by atoms with Crippen molar-refractivity contribution in [2.45, 2.75) is 46.0 Å². The van der Waals surface area contributed by atoms with Crippen LogP contribution in [0.1, 0.15) is 46.0 Å². The molecule has 20 N–H and O–H groups in total. The summed E-state index contributed by atoms with van der Waals surface area (Å²) in [5, 5.41) is 0. The van der Waals surface area contributed by atoms with E-state index in [4.69, 9.17) is 0 Å². The second-order valence-electron chi connectivity index (χ2n) is 4.30. The van der Waals surface area contributed by atoms with E-state index in [-0.39, 0.29) is 61.5 Å². The summed E-state index contributed by atoms with van der Waals surface area (Å²) < 4.78 is 0. The van der Waals surface area contributed by atoms with Crippen LogP contribution in [0.25, 0.3) is 61.5 Å². The molecule has 0 aromatic heterocycles. The molecule has 12 nitrogen and oxygen atoms in total. The Kier molecular flexibility index (Phi) is 373. The van der Waals surface area contributed by atoms with Gasteiger partial charge in [0.05, 0.1) is 0 Å². The molecule has 0 spiro atoms. The van der Waals surface area contributed by atoms with Crippen molar-refractivity contribution < 1.29 is 75.1 Å². The second kappa shape index (κ2) is 124. The summed E-state index contributed by atoms with van der Waals surface area (Å²) in [6, 6.07) is 0. The van der Waals surface area contributed by atoms with E-state index in [1.807, 2.05) is 0 Å². The molecule has 0 bridgehead atoms. The summed E-state index contributed by atoms with van der Waals surface area (Å²) in [6.07, 6.45) is 6.41. The Bertz CT molecular complexity index is 167. The number of halogens is 4. The normalized spacial score (nSPS) is 6.12. The zero-order valence-corrected chi connectivity index (χ0v) is 31.3. The van der Waals surface area contributed by atoms with E-state index in [9.17, 15) is 0 Å². The van der Waals surface area contributed by atoms with Gasteiger partial charge in [-0.2, -0.15) is 0 Å². The minimum Gasteiger partial charge on any atom is -0.693 e. The molecule has 20 heteroatoms. The SMILES string of the molecule is [CH2-]N([CH2-])CCCN(CCCC)CCCC.[Cl][Pt].[Cl][Pt].[Cl][Pt].[Cl][Pt].[NH2-].[NH2-].[NH2-].[NH2-].[NH2-].[NH2-].[NH2-].[NH2-].[NH2-].[NH2-]. The maximum absolute atomic E-state index is 4.61. The fourth-order valence-corrected chi connectivity index (χ4v) is 1.62. The van der Waals surface area contributed by atoms with Gasteiger partial charge in [0.1, 0.15) is 0 Å². The number of hydrogen-bond donors (Lipinski definition) is 0. The van der Waals surface area contributed by atoms with Crippen LogP contribution in [-0.2, 0) is 75.1 Å². The molecule has 240 valence electrons. The Hall–Kier alpha value is 3.43. The van der Waals surface area contributed by atoms with E-state index < -0.39 is 0 Å². The van der Waals surface area contributed by atoms with E-state index in [2.05, 4.69) is 70.5 Å². The Morgan fingerprint density at radius 1 is 0.455 bits per heavy atom. The molecule has 0 saturated heterocycles. The fraction of sp³-hybridized carbons (Fsp3) is 0.846. The number of rotatable bonds is 10. The Labute approximate surface area is 267 Å². The molecular formula is C13H48Cl4N12Pt4-12. The van der Waals surface area contributed by atoms with Gasteiger partial charge in [-0.1, -0.05) is 33.2 Å². The van der Waals surface area contributed by atoms with Gasteiger partial charge in [-0.3, -0.25) is 0 Å². The smallest absolute Gasteiger partial charge is 0.693 e. The van der Waals surface area contributed by atoms with Gasteiger partial charge in [-0.25, -0.2) is 0 Å². The maximum atomic E-state index is 4.61. The third kappa shape index (κ3) is 130. The Balaban J connectivity index is -0.0000000126. The first-order valence-electron chi connectivity index (χ1n) is 6.79. The zero-order valence-electron chi connectivity index (χ0n) is 19.2. The van der Waals surface area contributed by atoms with E-state index in [0.717, 1.165) is 6.54 Å². The average Bonchev–Trinajstić information content (AvgIpc) is 2.63. The number of hydrogen-bond acceptors (Lipinski definition) is 2. The minimum atomic E-state index is 0. The molecule has 0 aliphatic rings. The molecule has 0 aliphatic heterocycles.